The Kier molecular flexibility index (Phi) is 6.72. The second-order valence-corrected chi connectivity index (χ2v) is 7.94. The summed E-state index contributed by atoms with van der Waals surface area (Å²) in [6.07, 6.45) is 5.20. The van der Waals surface area contributed by atoms with Crippen molar-refractivity contribution in [2.45, 2.75) is 51.6 Å². The molecule has 28 heavy (non-hydrogen) atoms. The standard InChI is InChI=1S/C20H23F2N3O2S/c1-12(24-18(26)13-5-3-2-4-6-13)20-25-17(11-28-20)19(27)23-10-14-7-8-15(21)9-16(14)22/h7-9,11-13H,2-6,10H2,1H3,(H,23,27)(H,24,26)/t12-/m0/s1. The van der Waals surface area contributed by atoms with E-state index in [4.69, 9.17) is 0 Å². The summed E-state index contributed by atoms with van der Waals surface area (Å²) in [5.74, 6) is -1.72. The first-order valence-corrected chi connectivity index (χ1v) is 10.3. The fraction of sp³-hybridized carbons (Fsp3) is 0.450. The minimum Gasteiger partial charge on any atom is -0.347 e. The molecule has 150 valence electrons. The summed E-state index contributed by atoms with van der Waals surface area (Å²) in [7, 11) is 0. The molecule has 1 heterocycles. The van der Waals surface area contributed by atoms with Gasteiger partial charge in [0.15, 0.2) is 0 Å². The lowest BCUT2D eigenvalue weighted by molar-refractivity contribution is -0.126. The lowest BCUT2D eigenvalue weighted by atomic mass is 9.88. The fourth-order valence-corrected chi connectivity index (χ4v) is 4.09. The third kappa shape index (κ3) is 5.13. The normalized spacial score (nSPS) is 15.8. The predicted molar refractivity (Wildman–Crippen MR) is 103 cm³/mol. The van der Waals surface area contributed by atoms with Crippen molar-refractivity contribution in [2.75, 3.05) is 0 Å². The van der Waals surface area contributed by atoms with E-state index < -0.39 is 17.5 Å². The van der Waals surface area contributed by atoms with Gasteiger partial charge < -0.3 is 10.6 Å². The number of thiazole rings is 1. The molecule has 0 saturated heterocycles. The van der Waals surface area contributed by atoms with E-state index in [0.717, 1.165) is 37.8 Å². The molecular formula is C20H23F2N3O2S. The summed E-state index contributed by atoms with van der Waals surface area (Å²) in [4.78, 5) is 28.9. The number of carbonyl (C=O) groups is 2. The fourth-order valence-electron chi connectivity index (χ4n) is 3.28. The summed E-state index contributed by atoms with van der Waals surface area (Å²) in [6.45, 7) is 1.78. The van der Waals surface area contributed by atoms with E-state index in [1.807, 2.05) is 6.92 Å². The summed E-state index contributed by atoms with van der Waals surface area (Å²) < 4.78 is 26.6. The van der Waals surface area contributed by atoms with Crippen molar-refractivity contribution in [1.82, 2.24) is 15.6 Å². The molecule has 1 fully saturated rings. The molecule has 2 aromatic rings. The van der Waals surface area contributed by atoms with E-state index >= 15 is 0 Å². The van der Waals surface area contributed by atoms with Crippen LogP contribution < -0.4 is 10.6 Å². The van der Waals surface area contributed by atoms with Crippen LogP contribution in [0.15, 0.2) is 23.6 Å². The first-order valence-electron chi connectivity index (χ1n) is 9.42. The topological polar surface area (TPSA) is 71.1 Å². The molecule has 1 atom stereocenters. The van der Waals surface area contributed by atoms with Crippen LogP contribution in [-0.4, -0.2) is 16.8 Å². The van der Waals surface area contributed by atoms with Gasteiger partial charge in [0, 0.05) is 29.5 Å². The largest absolute Gasteiger partial charge is 0.347 e. The number of hydrogen-bond acceptors (Lipinski definition) is 4. The van der Waals surface area contributed by atoms with E-state index in [0.29, 0.717) is 5.01 Å². The van der Waals surface area contributed by atoms with Gasteiger partial charge in [-0.2, -0.15) is 0 Å². The SMILES string of the molecule is C[C@H](NC(=O)C1CCCCC1)c1nc(C(=O)NCc2ccc(F)cc2F)cs1. The lowest BCUT2D eigenvalue weighted by Crippen LogP contribution is -2.33. The summed E-state index contributed by atoms with van der Waals surface area (Å²) >= 11 is 1.29. The van der Waals surface area contributed by atoms with Crippen LogP contribution in [-0.2, 0) is 11.3 Å². The summed E-state index contributed by atoms with van der Waals surface area (Å²) in [5, 5.41) is 7.80. The smallest absolute Gasteiger partial charge is 0.271 e. The molecule has 1 aliphatic carbocycles. The molecule has 0 bridgehead atoms. The van der Waals surface area contributed by atoms with Crippen molar-refractivity contribution in [2.24, 2.45) is 5.92 Å². The molecular weight excluding hydrogens is 384 g/mol. The Bertz CT molecular complexity index is 850. The van der Waals surface area contributed by atoms with E-state index in [9.17, 15) is 18.4 Å². The number of nitrogens with one attached hydrogen (secondary N) is 2. The quantitative estimate of drug-likeness (QED) is 0.757. The van der Waals surface area contributed by atoms with Gasteiger partial charge in [0.25, 0.3) is 5.91 Å². The maximum atomic E-state index is 13.6. The number of carbonyl (C=O) groups excluding carboxylic acids is 2. The van der Waals surface area contributed by atoms with Crippen LogP contribution in [0, 0.1) is 17.6 Å². The van der Waals surface area contributed by atoms with E-state index in [1.165, 1.54) is 23.8 Å². The van der Waals surface area contributed by atoms with E-state index in [2.05, 4.69) is 15.6 Å². The van der Waals surface area contributed by atoms with Gasteiger partial charge in [-0.3, -0.25) is 9.59 Å². The zero-order valence-electron chi connectivity index (χ0n) is 15.6. The summed E-state index contributed by atoms with van der Waals surface area (Å²) in [6, 6.07) is 2.93. The van der Waals surface area contributed by atoms with Crippen molar-refractivity contribution < 1.29 is 18.4 Å². The first kappa shape index (κ1) is 20.4. The maximum absolute atomic E-state index is 13.6. The van der Waals surface area contributed by atoms with Crippen molar-refractivity contribution in [3.8, 4) is 0 Å². The molecule has 1 saturated carbocycles. The van der Waals surface area contributed by atoms with Gasteiger partial charge >= 0.3 is 0 Å². The Hall–Kier alpha value is -2.35. The Morgan fingerprint density at radius 2 is 2.00 bits per heavy atom. The van der Waals surface area contributed by atoms with Gasteiger partial charge in [-0.15, -0.1) is 11.3 Å². The van der Waals surface area contributed by atoms with Gasteiger partial charge in [-0.25, -0.2) is 13.8 Å². The third-order valence-electron chi connectivity index (χ3n) is 4.91. The highest BCUT2D eigenvalue weighted by Crippen LogP contribution is 2.25. The van der Waals surface area contributed by atoms with Crippen LogP contribution in [0.5, 0.6) is 0 Å². The van der Waals surface area contributed by atoms with Crippen molar-refractivity contribution in [3.63, 3.8) is 0 Å². The molecule has 1 aliphatic rings. The van der Waals surface area contributed by atoms with Crippen molar-refractivity contribution >= 4 is 23.2 Å². The van der Waals surface area contributed by atoms with Crippen LogP contribution >= 0.6 is 11.3 Å². The molecule has 2 N–H and O–H groups in total. The Morgan fingerprint density at radius 3 is 2.71 bits per heavy atom. The number of aromatic nitrogens is 1. The third-order valence-corrected chi connectivity index (χ3v) is 5.94. The van der Waals surface area contributed by atoms with Gasteiger partial charge in [0.2, 0.25) is 5.91 Å². The zero-order chi connectivity index (χ0) is 20.1. The number of benzene rings is 1. The molecule has 1 aromatic carbocycles. The van der Waals surface area contributed by atoms with Gasteiger partial charge in [0.05, 0.1) is 6.04 Å². The lowest BCUT2D eigenvalue weighted by Gasteiger charge is -2.22. The van der Waals surface area contributed by atoms with Gasteiger partial charge in [-0.1, -0.05) is 25.3 Å². The molecule has 3 rings (SSSR count). The highest BCUT2D eigenvalue weighted by molar-refractivity contribution is 7.09. The number of rotatable bonds is 6. The number of nitrogens with zero attached hydrogens (tertiary/aromatic N) is 1. The van der Waals surface area contributed by atoms with Crippen molar-refractivity contribution in [1.29, 1.82) is 0 Å². The minimum absolute atomic E-state index is 0.0418. The average molecular weight is 407 g/mol. The number of halogens is 2. The van der Waals surface area contributed by atoms with Crippen LogP contribution in [0.2, 0.25) is 0 Å². The van der Waals surface area contributed by atoms with E-state index in [1.54, 1.807) is 5.38 Å². The second kappa shape index (κ2) is 9.23. The number of hydrogen-bond donors (Lipinski definition) is 2. The Balaban J connectivity index is 1.54. The highest BCUT2D eigenvalue weighted by atomic mass is 32.1. The van der Waals surface area contributed by atoms with Gasteiger partial charge in [-0.05, 0) is 25.8 Å². The molecule has 0 unspecified atom stereocenters. The molecule has 1 aromatic heterocycles. The van der Waals surface area contributed by atoms with Crippen molar-refractivity contribution in [3.05, 3.63) is 51.5 Å². The predicted octanol–water partition coefficient (Wildman–Crippen LogP) is 4.11. The minimum atomic E-state index is -0.710. The highest BCUT2D eigenvalue weighted by Gasteiger charge is 2.24. The monoisotopic (exact) mass is 407 g/mol. The van der Waals surface area contributed by atoms with E-state index in [-0.39, 0.29) is 35.7 Å². The molecule has 0 aliphatic heterocycles. The summed E-state index contributed by atoms with van der Waals surface area (Å²) in [5.41, 5.74) is 0.402. The molecule has 8 heteroatoms. The zero-order valence-corrected chi connectivity index (χ0v) is 16.5. The molecule has 5 nitrogen and oxygen atoms in total. The second-order valence-electron chi connectivity index (χ2n) is 7.05. The van der Waals surface area contributed by atoms with Gasteiger partial charge in [0.1, 0.15) is 22.3 Å². The Labute approximate surface area is 166 Å². The molecule has 0 spiro atoms. The molecule has 2 amide bonds. The average Bonchev–Trinajstić information content (AvgIpc) is 3.18. The van der Waals surface area contributed by atoms with Crippen LogP contribution in [0.1, 0.15) is 66.1 Å². The van der Waals surface area contributed by atoms with Crippen LogP contribution in [0.3, 0.4) is 0 Å². The first-order chi connectivity index (χ1) is 13.4. The van der Waals surface area contributed by atoms with Crippen LogP contribution in [0.25, 0.3) is 0 Å². The van der Waals surface area contributed by atoms with Crippen LogP contribution in [0.4, 0.5) is 8.78 Å². The maximum Gasteiger partial charge on any atom is 0.271 e. The number of amides is 2. The molecule has 0 radical (unpaired) electrons. The Morgan fingerprint density at radius 1 is 1.25 bits per heavy atom.